The molecule has 0 spiro atoms. The Morgan fingerprint density at radius 3 is 2.46 bits per heavy atom. The maximum absolute atomic E-state index is 12.5. The summed E-state index contributed by atoms with van der Waals surface area (Å²) in [5.74, 6) is -1.66. The molecule has 0 radical (unpaired) electrons. The standard InChI is InChI=1S/C18H13ClO5/c1-3-23-18(22)17-14-13(12(20)8-9(2)15(14)21)16(24-17)10-4-6-11(19)7-5-10/h4-8H,3H2,1-2H3. The van der Waals surface area contributed by atoms with Crippen molar-refractivity contribution in [3.63, 3.8) is 0 Å². The first-order valence-electron chi connectivity index (χ1n) is 7.31. The molecule has 0 bridgehead atoms. The van der Waals surface area contributed by atoms with Gasteiger partial charge in [-0.1, -0.05) is 11.6 Å². The van der Waals surface area contributed by atoms with Crippen LogP contribution in [-0.2, 0) is 4.74 Å². The number of furan rings is 1. The third-order valence-electron chi connectivity index (χ3n) is 3.65. The van der Waals surface area contributed by atoms with Gasteiger partial charge < -0.3 is 9.15 Å². The van der Waals surface area contributed by atoms with Gasteiger partial charge in [0.1, 0.15) is 5.76 Å². The minimum atomic E-state index is -0.773. The summed E-state index contributed by atoms with van der Waals surface area (Å²) in [6.45, 7) is 3.29. The van der Waals surface area contributed by atoms with E-state index in [2.05, 4.69) is 0 Å². The minimum Gasteiger partial charge on any atom is -0.460 e. The Bertz CT molecular complexity index is 887. The number of ketones is 2. The van der Waals surface area contributed by atoms with E-state index in [0.717, 1.165) is 0 Å². The third kappa shape index (κ3) is 2.57. The van der Waals surface area contributed by atoms with E-state index in [1.165, 1.54) is 13.0 Å². The number of hydrogen-bond donors (Lipinski definition) is 0. The molecule has 5 nitrogen and oxygen atoms in total. The molecule has 24 heavy (non-hydrogen) atoms. The van der Waals surface area contributed by atoms with Crippen LogP contribution in [0.3, 0.4) is 0 Å². The summed E-state index contributed by atoms with van der Waals surface area (Å²) < 4.78 is 10.5. The van der Waals surface area contributed by atoms with Gasteiger partial charge in [0.15, 0.2) is 11.6 Å². The van der Waals surface area contributed by atoms with E-state index in [1.807, 2.05) is 0 Å². The molecule has 0 aliphatic heterocycles. The number of carbonyl (C=O) groups excluding carboxylic acids is 3. The van der Waals surface area contributed by atoms with Crippen molar-refractivity contribution in [2.45, 2.75) is 13.8 Å². The summed E-state index contributed by atoms with van der Waals surface area (Å²) in [6.07, 6.45) is 1.24. The number of fused-ring (bicyclic) bond motifs is 1. The minimum absolute atomic E-state index is 0.0385. The van der Waals surface area contributed by atoms with Crippen molar-refractivity contribution >= 4 is 29.1 Å². The van der Waals surface area contributed by atoms with E-state index < -0.39 is 11.8 Å². The fraction of sp³-hybridized carbons (Fsp3) is 0.167. The van der Waals surface area contributed by atoms with Crippen LogP contribution in [0.15, 0.2) is 40.3 Å². The second-order valence-electron chi connectivity index (χ2n) is 5.26. The number of benzene rings is 1. The second kappa shape index (κ2) is 6.09. The molecule has 1 aliphatic carbocycles. The fourth-order valence-electron chi connectivity index (χ4n) is 2.56. The van der Waals surface area contributed by atoms with Crippen molar-refractivity contribution in [2.24, 2.45) is 0 Å². The number of Topliss-reactive ketones (excluding diaryl/α,β-unsaturated/α-hetero) is 1. The van der Waals surface area contributed by atoms with Crippen LogP contribution in [0.25, 0.3) is 11.3 Å². The van der Waals surface area contributed by atoms with Crippen LogP contribution in [0.2, 0.25) is 5.02 Å². The highest BCUT2D eigenvalue weighted by molar-refractivity contribution is 6.31. The molecule has 0 saturated heterocycles. The lowest BCUT2D eigenvalue weighted by molar-refractivity contribution is 0.0487. The lowest BCUT2D eigenvalue weighted by atomic mass is 9.89. The molecule has 3 rings (SSSR count). The first kappa shape index (κ1) is 16.2. The van der Waals surface area contributed by atoms with Crippen molar-refractivity contribution in [3.05, 3.63) is 57.8 Å². The van der Waals surface area contributed by atoms with E-state index >= 15 is 0 Å². The Hall–Kier alpha value is -2.66. The Morgan fingerprint density at radius 2 is 1.83 bits per heavy atom. The molecule has 0 amide bonds. The van der Waals surface area contributed by atoms with Gasteiger partial charge >= 0.3 is 5.97 Å². The predicted octanol–water partition coefficient (Wildman–Crippen LogP) is 4.10. The average molecular weight is 345 g/mol. The third-order valence-corrected chi connectivity index (χ3v) is 3.91. The monoisotopic (exact) mass is 344 g/mol. The second-order valence-corrected chi connectivity index (χ2v) is 5.69. The molecule has 1 aromatic heterocycles. The quantitative estimate of drug-likeness (QED) is 0.783. The molecule has 1 aromatic carbocycles. The summed E-state index contributed by atoms with van der Waals surface area (Å²) >= 11 is 5.88. The van der Waals surface area contributed by atoms with Gasteiger partial charge in [-0.25, -0.2) is 4.79 Å². The fourth-order valence-corrected chi connectivity index (χ4v) is 2.69. The highest BCUT2D eigenvalue weighted by Crippen LogP contribution is 2.36. The zero-order valence-corrected chi connectivity index (χ0v) is 13.8. The van der Waals surface area contributed by atoms with Gasteiger partial charge in [-0.2, -0.15) is 0 Å². The first-order valence-corrected chi connectivity index (χ1v) is 7.69. The first-order chi connectivity index (χ1) is 11.4. The molecule has 2 aromatic rings. The molecule has 1 aliphatic rings. The maximum atomic E-state index is 12.5. The SMILES string of the molecule is CCOC(=O)c1oc(-c2ccc(Cl)cc2)c2c1C(=O)C(C)=CC2=O. The highest BCUT2D eigenvalue weighted by atomic mass is 35.5. The number of hydrogen-bond acceptors (Lipinski definition) is 5. The van der Waals surface area contributed by atoms with Crippen LogP contribution >= 0.6 is 11.6 Å². The molecule has 0 saturated carbocycles. The van der Waals surface area contributed by atoms with E-state index in [-0.39, 0.29) is 40.6 Å². The number of carbonyl (C=O) groups is 3. The van der Waals surface area contributed by atoms with Crippen LogP contribution in [0.5, 0.6) is 0 Å². The molecule has 0 atom stereocenters. The lowest BCUT2D eigenvalue weighted by Gasteiger charge is -2.09. The molecular weight excluding hydrogens is 332 g/mol. The number of rotatable bonds is 3. The van der Waals surface area contributed by atoms with Gasteiger partial charge in [-0.05, 0) is 44.2 Å². The maximum Gasteiger partial charge on any atom is 0.375 e. The van der Waals surface area contributed by atoms with Gasteiger partial charge in [0.05, 0.1) is 17.7 Å². The Kier molecular flexibility index (Phi) is 4.11. The molecule has 0 unspecified atom stereocenters. The van der Waals surface area contributed by atoms with Crippen molar-refractivity contribution in [3.8, 4) is 11.3 Å². The largest absolute Gasteiger partial charge is 0.460 e. The molecule has 0 fully saturated rings. The lowest BCUT2D eigenvalue weighted by Crippen LogP contribution is -2.18. The van der Waals surface area contributed by atoms with Crippen molar-refractivity contribution in [2.75, 3.05) is 6.61 Å². The smallest absolute Gasteiger partial charge is 0.375 e. The zero-order valence-electron chi connectivity index (χ0n) is 13.0. The zero-order chi connectivity index (χ0) is 17.4. The average Bonchev–Trinajstić information content (AvgIpc) is 2.95. The summed E-state index contributed by atoms with van der Waals surface area (Å²) in [5, 5.41) is 0.517. The molecule has 1 heterocycles. The van der Waals surface area contributed by atoms with Gasteiger partial charge in [-0.15, -0.1) is 0 Å². The summed E-state index contributed by atoms with van der Waals surface area (Å²) in [4.78, 5) is 37.1. The summed E-state index contributed by atoms with van der Waals surface area (Å²) in [6, 6.07) is 6.57. The van der Waals surface area contributed by atoms with E-state index in [0.29, 0.717) is 10.6 Å². The Morgan fingerprint density at radius 1 is 1.17 bits per heavy atom. The predicted molar refractivity (Wildman–Crippen MR) is 87.5 cm³/mol. The van der Waals surface area contributed by atoms with Gasteiger partial charge in [0.25, 0.3) is 0 Å². The number of esters is 1. The number of halogens is 1. The van der Waals surface area contributed by atoms with Crippen molar-refractivity contribution in [1.29, 1.82) is 0 Å². The summed E-state index contributed by atoms with van der Waals surface area (Å²) in [5.41, 5.74) is 0.834. The normalized spacial score (nSPS) is 13.5. The van der Waals surface area contributed by atoms with Crippen molar-refractivity contribution in [1.82, 2.24) is 0 Å². The van der Waals surface area contributed by atoms with E-state index in [1.54, 1.807) is 31.2 Å². The highest BCUT2D eigenvalue weighted by Gasteiger charge is 2.36. The van der Waals surface area contributed by atoms with Gasteiger partial charge in [0, 0.05) is 16.2 Å². The topological polar surface area (TPSA) is 73.6 Å². The van der Waals surface area contributed by atoms with Crippen LogP contribution < -0.4 is 0 Å². The van der Waals surface area contributed by atoms with E-state index in [9.17, 15) is 14.4 Å². The molecule has 122 valence electrons. The van der Waals surface area contributed by atoms with Crippen LogP contribution in [0, 0.1) is 0 Å². The van der Waals surface area contributed by atoms with Crippen molar-refractivity contribution < 1.29 is 23.5 Å². The van der Waals surface area contributed by atoms with Crippen LogP contribution in [-0.4, -0.2) is 24.1 Å². The van der Waals surface area contributed by atoms with Gasteiger partial charge in [0.2, 0.25) is 5.76 Å². The molecular formula is C18H13ClO5. The molecule has 6 heteroatoms. The van der Waals surface area contributed by atoms with E-state index in [4.69, 9.17) is 20.8 Å². The Balaban J connectivity index is 2.26. The summed E-state index contributed by atoms with van der Waals surface area (Å²) in [7, 11) is 0. The Labute approximate surface area is 142 Å². The molecule has 0 N–H and O–H groups in total. The van der Waals surface area contributed by atoms with Crippen LogP contribution in [0.1, 0.15) is 45.1 Å². The van der Waals surface area contributed by atoms with Crippen LogP contribution in [0.4, 0.5) is 0 Å². The number of ether oxygens (including phenoxy) is 1. The number of allylic oxidation sites excluding steroid dienone is 2. The van der Waals surface area contributed by atoms with Gasteiger partial charge in [-0.3, -0.25) is 9.59 Å².